The molecule has 0 aromatic heterocycles. The summed E-state index contributed by atoms with van der Waals surface area (Å²) in [6.45, 7) is 4.82. The van der Waals surface area contributed by atoms with Crippen LogP contribution >= 0.6 is 0 Å². The van der Waals surface area contributed by atoms with Crippen molar-refractivity contribution in [3.8, 4) is 0 Å². The fourth-order valence-electron chi connectivity index (χ4n) is 9.85. The van der Waals surface area contributed by atoms with Gasteiger partial charge in [-0.25, -0.2) is 0 Å². The summed E-state index contributed by atoms with van der Waals surface area (Å²) in [4.78, 5) is 11.1. The van der Waals surface area contributed by atoms with Gasteiger partial charge in [0.2, 0.25) is 0 Å². The average molecular weight is 470 g/mol. The molecule has 4 aliphatic carbocycles. The standard InChI is InChI=1S/C25H46B4O5/c1-22-11-9-16-19(15(22)7-6-13(22)4-3-5-18(31)32)24(26,34)20(21(33)25(27,28)29)17-12-14(30)8-10-23(16,17)2/h13-17,19-21,30,33-34H,3-12,26-29H2,1-2H3,(H,31,32)/t13?,14-,15?,16?,17?,19?,20+,21?,22?,23?,24+/m1/s1. The second-order valence-electron chi connectivity index (χ2n) is 14.4. The lowest BCUT2D eigenvalue weighted by Gasteiger charge is -2.69. The highest BCUT2D eigenvalue weighted by molar-refractivity contribution is 6.59. The van der Waals surface area contributed by atoms with Gasteiger partial charge in [0.1, 0.15) is 7.85 Å². The van der Waals surface area contributed by atoms with Crippen LogP contribution in [0.25, 0.3) is 0 Å². The van der Waals surface area contributed by atoms with Crippen molar-refractivity contribution in [1.82, 2.24) is 0 Å². The average Bonchev–Trinajstić information content (AvgIpc) is 3.04. The van der Waals surface area contributed by atoms with Gasteiger partial charge in [0, 0.05) is 23.9 Å². The first-order valence-electron chi connectivity index (χ1n) is 13.9. The Kier molecular flexibility index (Phi) is 6.96. The second kappa shape index (κ2) is 8.87. The fraction of sp³-hybridized carbons (Fsp3) is 0.960. The van der Waals surface area contributed by atoms with Gasteiger partial charge in [-0.15, -0.1) is 0 Å². The number of rotatable bonds is 6. The van der Waals surface area contributed by atoms with E-state index >= 15 is 0 Å². The van der Waals surface area contributed by atoms with E-state index in [-0.39, 0.29) is 46.2 Å². The minimum Gasteiger partial charge on any atom is -0.481 e. The zero-order chi connectivity index (χ0) is 25.3. The van der Waals surface area contributed by atoms with Crippen molar-refractivity contribution in [3.63, 3.8) is 0 Å². The topological polar surface area (TPSA) is 98.0 Å². The Labute approximate surface area is 209 Å². The molecule has 0 aromatic rings. The van der Waals surface area contributed by atoms with Gasteiger partial charge in [0.25, 0.3) is 0 Å². The molecule has 11 atom stereocenters. The number of aliphatic carboxylic acids is 1. The molecule has 5 nitrogen and oxygen atoms in total. The van der Waals surface area contributed by atoms with Crippen LogP contribution in [-0.2, 0) is 4.79 Å². The quantitative estimate of drug-likeness (QED) is 0.402. The highest BCUT2D eigenvalue weighted by Gasteiger charge is 2.69. The predicted molar refractivity (Wildman–Crippen MR) is 145 cm³/mol. The van der Waals surface area contributed by atoms with Gasteiger partial charge < -0.3 is 20.4 Å². The SMILES string of the molecule is BC(B)(B)C(O)[C@@H]1C2C[C@H](O)CCC2(C)C2CCC3(C)C(CCCC(=O)O)CCC3C2[C@]1(B)O. The first-order valence-corrected chi connectivity index (χ1v) is 13.9. The number of hydrogen-bond donors (Lipinski definition) is 4. The predicted octanol–water partition coefficient (Wildman–Crippen LogP) is -0.247. The van der Waals surface area contributed by atoms with Crippen molar-refractivity contribution < 1.29 is 25.2 Å². The third kappa shape index (κ3) is 4.14. The Bertz CT molecular complexity index is 788. The third-order valence-corrected chi connectivity index (χ3v) is 11.7. The van der Waals surface area contributed by atoms with Crippen molar-refractivity contribution in [2.24, 2.45) is 46.3 Å². The summed E-state index contributed by atoms with van der Waals surface area (Å²) in [5.41, 5.74) is -0.856. The van der Waals surface area contributed by atoms with Crippen LogP contribution in [0.15, 0.2) is 0 Å². The number of carboxylic acids is 1. The number of fused-ring (bicyclic) bond motifs is 5. The van der Waals surface area contributed by atoms with E-state index in [0.29, 0.717) is 24.2 Å². The molecule has 8 unspecified atom stereocenters. The Morgan fingerprint density at radius 2 is 1.65 bits per heavy atom. The van der Waals surface area contributed by atoms with E-state index in [4.69, 9.17) is 5.11 Å². The molecule has 0 saturated heterocycles. The highest BCUT2D eigenvalue weighted by Crippen LogP contribution is 2.71. The molecule has 0 bridgehead atoms. The minimum absolute atomic E-state index is 0.0196. The van der Waals surface area contributed by atoms with E-state index in [1.807, 2.05) is 7.85 Å². The normalized spacial score (nSPS) is 49.5. The molecular weight excluding hydrogens is 424 g/mol. The molecule has 9 heteroatoms. The largest absolute Gasteiger partial charge is 0.481 e. The first kappa shape index (κ1) is 26.7. The molecule has 0 spiro atoms. The summed E-state index contributed by atoms with van der Waals surface area (Å²) >= 11 is 0. The molecular formula is C25H46B4O5. The maximum absolute atomic E-state index is 12.5. The van der Waals surface area contributed by atoms with Crippen molar-refractivity contribution >= 4 is 37.4 Å². The van der Waals surface area contributed by atoms with E-state index in [0.717, 1.165) is 51.4 Å². The van der Waals surface area contributed by atoms with E-state index in [9.17, 15) is 20.1 Å². The lowest BCUT2D eigenvalue weighted by Crippen LogP contribution is -2.71. The molecule has 4 fully saturated rings. The van der Waals surface area contributed by atoms with Crippen LogP contribution in [-0.4, -0.2) is 75.5 Å². The van der Waals surface area contributed by atoms with Crippen molar-refractivity contribution in [1.29, 1.82) is 0 Å². The molecule has 4 rings (SSSR count). The third-order valence-electron chi connectivity index (χ3n) is 11.7. The van der Waals surface area contributed by atoms with Crippen LogP contribution < -0.4 is 0 Å². The van der Waals surface area contributed by atoms with Crippen molar-refractivity contribution in [2.45, 2.75) is 101 Å². The molecule has 0 amide bonds. The monoisotopic (exact) mass is 470 g/mol. The molecule has 188 valence electrons. The molecule has 4 N–H and O–H groups in total. The van der Waals surface area contributed by atoms with E-state index in [1.54, 1.807) is 0 Å². The van der Waals surface area contributed by atoms with Gasteiger partial charge in [-0.2, -0.15) is 0 Å². The summed E-state index contributed by atoms with van der Waals surface area (Å²) in [6.07, 6.45) is 7.84. The minimum atomic E-state index is -0.999. The van der Waals surface area contributed by atoms with Crippen LogP contribution in [0.2, 0.25) is 5.11 Å². The highest BCUT2D eigenvalue weighted by atomic mass is 16.4. The maximum Gasteiger partial charge on any atom is 0.303 e. The van der Waals surface area contributed by atoms with Crippen LogP contribution in [0, 0.1) is 46.3 Å². The number of hydrogen-bond acceptors (Lipinski definition) is 4. The summed E-state index contributed by atoms with van der Waals surface area (Å²) < 4.78 is 0. The molecule has 4 saturated carbocycles. The van der Waals surface area contributed by atoms with E-state index in [1.165, 1.54) is 0 Å². The summed E-state index contributed by atoms with van der Waals surface area (Å²) in [5.74, 6) is 0.583. The summed E-state index contributed by atoms with van der Waals surface area (Å²) in [7, 11) is 8.20. The van der Waals surface area contributed by atoms with Gasteiger partial charge in [0.15, 0.2) is 0 Å². The van der Waals surface area contributed by atoms with Crippen LogP contribution in [0.4, 0.5) is 0 Å². The summed E-state index contributed by atoms with van der Waals surface area (Å²) in [5, 5.41) is 43.6. The smallest absolute Gasteiger partial charge is 0.303 e. The van der Waals surface area contributed by atoms with Gasteiger partial charge in [0.05, 0.1) is 29.6 Å². The Morgan fingerprint density at radius 1 is 1.03 bits per heavy atom. The van der Waals surface area contributed by atoms with Crippen LogP contribution in [0.3, 0.4) is 0 Å². The Balaban J connectivity index is 1.72. The van der Waals surface area contributed by atoms with Crippen LogP contribution in [0.1, 0.15) is 78.1 Å². The molecule has 0 radical (unpaired) electrons. The molecule has 0 aliphatic heterocycles. The maximum atomic E-state index is 12.5. The lowest BCUT2D eigenvalue weighted by atomic mass is 9.31. The second-order valence-corrected chi connectivity index (χ2v) is 14.4. The number of aliphatic hydroxyl groups is 3. The number of aliphatic hydroxyl groups excluding tert-OH is 2. The van der Waals surface area contributed by atoms with Gasteiger partial charge in [-0.3, -0.25) is 4.79 Å². The van der Waals surface area contributed by atoms with Crippen molar-refractivity contribution in [3.05, 3.63) is 0 Å². The van der Waals surface area contributed by atoms with Crippen molar-refractivity contribution in [2.75, 3.05) is 0 Å². The Hall–Kier alpha value is -0.390. The Morgan fingerprint density at radius 3 is 2.26 bits per heavy atom. The zero-order valence-corrected chi connectivity index (χ0v) is 22.4. The van der Waals surface area contributed by atoms with Gasteiger partial charge in [-0.1, -0.05) is 19.0 Å². The van der Waals surface area contributed by atoms with Gasteiger partial charge >= 0.3 is 5.97 Å². The summed E-state index contributed by atoms with van der Waals surface area (Å²) in [6, 6.07) is 0. The number of carbonyl (C=O) groups is 1. The molecule has 34 heavy (non-hydrogen) atoms. The number of carboxylic acid groups (broad SMARTS) is 1. The van der Waals surface area contributed by atoms with Gasteiger partial charge in [-0.05, 0) is 98.2 Å². The van der Waals surface area contributed by atoms with Crippen LogP contribution in [0.5, 0.6) is 0 Å². The first-order chi connectivity index (χ1) is 15.6. The lowest BCUT2D eigenvalue weighted by molar-refractivity contribution is -0.237. The molecule has 0 aromatic carbocycles. The van der Waals surface area contributed by atoms with E-state index in [2.05, 4.69) is 37.4 Å². The zero-order valence-electron chi connectivity index (χ0n) is 22.4. The molecule has 0 heterocycles. The fourth-order valence-corrected chi connectivity index (χ4v) is 9.85. The molecule has 4 aliphatic rings. The van der Waals surface area contributed by atoms with E-state index < -0.39 is 17.6 Å².